The third-order valence-corrected chi connectivity index (χ3v) is 2.22. The summed E-state index contributed by atoms with van der Waals surface area (Å²) >= 11 is 0. The van der Waals surface area contributed by atoms with Crippen LogP contribution in [-0.2, 0) is 9.53 Å². The number of rotatable bonds is 3. The molecule has 1 aliphatic heterocycles. The average Bonchev–Trinajstić information content (AvgIpc) is 2.14. The zero-order valence-corrected chi connectivity index (χ0v) is 9.93. The van der Waals surface area contributed by atoms with Crippen molar-refractivity contribution in [3.05, 3.63) is 0 Å². The van der Waals surface area contributed by atoms with Gasteiger partial charge in [-0.1, -0.05) is 0 Å². The zero-order chi connectivity index (χ0) is 11.3. The van der Waals surface area contributed by atoms with Crippen LogP contribution >= 0.6 is 0 Å². The van der Waals surface area contributed by atoms with Crippen LogP contribution in [0.3, 0.4) is 0 Å². The maximum atomic E-state index is 11.4. The van der Waals surface area contributed by atoms with Crippen molar-refractivity contribution in [2.75, 3.05) is 19.7 Å². The van der Waals surface area contributed by atoms with E-state index in [0.29, 0.717) is 0 Å². The Morgan fingerprint density at radius 3 is 2.80 bits per heavy atom. The molecule has 4 nitrogen and oxygen atoms in total. The number of nitrogens with one attached hydrogen (secondary N) is 2. The first-order valence-electron chi connectivity index (χ1n) is 5.61. The number of carbonyl (C=O) groups is 1. The number of hydrogen-bond acceptors (Lipinski definition) is 3. The monoisotopic (exact) mass is 214 g/mol. The maximum absolute atomic E-state index is 11.4. The Labute approximate surface area is 91.8 Å². The first kappa shape index (κ1) is 12.5. The number of hydrogen-bond donors (Lipinski definition) is 2. The van der Waals surface area contributed by atoms with Crippen molar-refractivity contribution in [2.45, 2.75) is 45.3 Å². The summed E-state index contributed by atoms with van der Waals surface area (Å²) in [6, 6.07) is 0. The van der Waals surface area contributed by atoms with Gasteiger partial charge in [-0.2, -0.15) is 0 Å². The third kappa shape index (κ3) is 5.74. The van der Waals surface area contributed by atoms with E-state index in [9.17, 15) is 4.79 Å². The van der Waals surface area contributed by atoms with Crippen LogP contribution < -0.4 is 10.6 Å². The molecule has 1 fully saturated rings. The summed E-state index contributed by atoms with van der Waals surface area (Å²) in [5.74, 6) is -0.0342. The second-order valence-electron chi connectivity index (χ2n) is 5.08. The molecule has 1 saturated heterocycles. The number of amides is 1. The van der Waals surface area contributed by atoms with Gasteiger partial charge in [-0.15, -0.1) is 0 Å². The summed E-state index contributed by atoms with van der Waals surface area (Å²) in [4.78, 5) is 11.4. The molecule has 0 aromatic heterocycles. The molecule has 0 aromatic rings. The minimum Gasteiger partial charge on any atom is -0.367 e. The van der Waals surface area contributed by atoms with Gasteiger partial charge in [-0.05, 0) is 40.2 Å². The fourth-order valence-electron chi connectivity index (χ4n) is 1.61. The molecule has 88 valence electrons. The third-order valence-electron chi connectivity index (χ3n) is 2.22. The summed E-state index contributed by atoms with van der Waals surface area (Å²) in [6.07, 6.45) is 2.38. The van der Waals surface area contributed by atoms with Crippen molar-refractivity contribution in [2.24, 2.45) is 0 Å². The lowest BCUT2D eigenvalue weighted by Gasteiger charge is -2.24. The minimum atomic E-state index is -0.175. The van der Waals surface area contributed by atoms with E-state index in [1.165, 1.54) is 0 Å². The Morgan fingerprint density at radius 1 is 1.53 bits per heavy atom. The van der Waals surface area contributed by atoms with E-state index in [2.05, 4.69) is 10.6 Å². The topological polar surface area (TPSA) is 50.4 Å². The van der Waals surface area contributed by atoms with Crippen molar-refractivity contribution < 1.29 is 9.53 Å². The Hall–Kier alpha value is -0.610. The van der Waals surface area contributed by atoms with Crippen LogP contribution in [0.4, 0.5) is 0 Å². The molecule has 0 spiro atoms. The lowest BCUT2D eigenvalue weighted by molar-refractivity contribution is -0.129. The van der Waals surface area contributed by atoms with Gasteiger partial charge in [0.25, 0.3) is 0 Å². The second kappa shape index (κ2) is 5.47. The highest BCUT2D eigenvalue weighted by atomic mass is 16.5. The highest BCUT2D eigenvalue weighted by Crippen LogP contribution is 2.06. The van der Waals surface area contributed by atoms with Crippen molar-refractivity contribution in [1.82, 2.24) is 10.6 Å². The molecule has 2 N–H and O–H groups in total. The van der Waals surface area contributed by atoms with E-state index in [-0.39, 0.29) is 24.2 Å². The SMILES string of the molecule is CC(C)(C)NC(=O)COC1CCCNC1. The predicted octanol–water partition coefficient (Wildman–Crippen LogP) is 0.670. The summed E-state index contributed by atoms with van der Waals surface area (Å²) < 4.78 is 5.52. The molecule has 1 heterocycles. The summed E-state index contributed by atoms with van der Waals surface area (Å²) in [5, 5.41) is 6.12. The Kier molecular flexibility index (Phi) is 4.54. The van der Waals surface area contributed by atoms with Gasteiger partial charge in [-0.3, -0.25) is 4.79 Å². The van der Waals surface area contributed by atoms with Crippen LogP contribution in [0.25, 0.3) is 0 Å². The minimum absolute atomic E-state index is 0.0342. The summed E-state index contributed by atoms with van der Waals surface area (Å²) in [6.45, 7) is 7.99. The van der Waals surface area contributed by atoms with E-state index >= 15 is 0 Å². The number of piperidine rings is 1. The molecule has 1 amide bonds. The number of carbonyl (C=O) groups excluding carboxylic acids is 1. The Balaban J connectivity index is 2.15. The van der Waals surface area contributed by atoms with Gasteiger partial charge >= 0.3 is 0 Å². The van der Waals surface area contributed by atoms with Gasteiger partial charge in [0.2, 0.25) is 5.91 Å². The fraction of sp³-hybridized carbons (Fsp3) is 0.909. The van der Waals surface area contributed by atoms with Crippen molar-refractivity contribution in [1.29, 1.82) is 0 Å². The van der Waals surface area contributed by atoms with Crippen LogP contribution in [0, 0.1) is 0 Å². The van der Waals surface area contributed by atoms with Crippen LogP contribution in [-0.4, -0.2) is 37.2 Å². The molecule has 1 aliphatic rings. The van der Waals surface area contributed by atoms with Gasteiger partial charge in [0.1, 0.15) is 6.61 Å². The zero-order valence-electron chi connectivity index (χ0n) is 9.93. The van der Waals surface area contributed by atoms with Gasteiger partial charge in [0.05, 0.1) is 6.10 Å². The summed E-state index contributed by atoms with van der Waals surface area (Å²) in [7, 11) is 0. The molecule has 15 heavy (non-hydrogen) atoms. The molecule has 1 rings (SSSR count). The predicted molar refractivity (Wildman–Crippen MR) is 59.7 cm³/mol. The van der Waals surface area contributed by atoms with Crippen molar-refractivity contribution in [3.63, 3.8) is 0 Å². The smallest absolute Gasteiger partial charge is 0.246 e. The Bertz CT molecular complexity index is 205. The normalized spacial score (nSPS) is 22.5. The quantitative estimate of drug-likeness (QED) is 0.726. The molecule has 0 aromatic carbocycles. The summed E-state index contributed by atoms with van der Waals surface area (Å²) in [5.41, 5.74) is -0.175. The average molecular weight is 214 g/mol. The molecule has 0 aliphatic carbocycles. The molecule has 0 saturated carbocycles. The molecule has 1 unspecified atom stereocenters. The molecule has 4 heteroatoms. The first-order valence-corrected chi connectivity index (χ1v) is 5.61. The molecular weight excluding hydrogens is 192 g/mol. The van der Waals surface area contributed by atoms with Crippen LogP contribution in [0.15, 0.2) is 0 Å². The standard InChI is InChI=1S/C11H22N2O2/c1-11(2,3)13-10(14)8-15-9-5-4-6-12-7-9/h9,12H,4-8H2,1-3H3,(H,13,14). The van der Waals surface area contributed by atoms with Crippen LogP contribution in [0.5, 0.6) is 0 Å². The van der Waals surface area contributed by atoms with Gasteiger partial charge < -0.3 is 15.4 Å². The highest BCUT2D eigenvalue weighted by molar-refractivity contribution is 5.77. The molecular formula is C11H22N2O2. The largest absolute Gasteiger partial charge is 0.367 e. The van der Waals surface area contributed by atoms with Crippen LogP contribution in [0.1, 0.15) is 33.6 Å². The van der Waals surface area contributed by atoms with E-state index in [1.807, 2.05) is 20.8 Å². The lowest BCUT2D eigenvalue weighted by Crippen LogP contribution is -2.44. The second-order valence-corrected chi connectivity index (χ2v) is 5.08. The van der Waals surface area contributed by atoms with Crippen molar-refractivity contribution in [3.8, 4) is 0 Å². The van der Waals surface area contributed by atoms with E-state index in [0.717, 1.165) is 25.9 Å². The van der Waals surface area contributed by atoms with E-state index in [4.69, 9.17) is 4.74 Å². The van der Waals surface area contributed by atoms with E-state index in [1.54, 1.807) is 0 Å². The number of ether oxygens (including phenoxy) is 1. The molecule has 1 atom stereocenters. The first-order chi connectivity index (χ1) is 6.97. The highest BCUT2D eigenvalue weighted by Gasteiger charge is 2.17. The lowest BCUT2D eigenvalue weighted by atomic mass is 10.1. The van der Waals surface area contributed by atoms with Gasteiger partial charge in [0, 0.05) is 12.1 Å². The van der Waals surface area contributed by atoms with Crippen LogP contribution in [0.2, 0.25) is 0 Å². The maximum Gasteiger partial charge on any atom is 0.246 e. The van der Waals surface area contributed by atoms with Crippen molar-refractivity contribution >= 4 is 5.91 Å². The molecule has 0 radical (unpaired) electrons. The Morgan fingerprint density at radius 2 is 2.27 bits per heavy atom. The van der Waals surface area contributed by atoms with Gasteiger partial charge in [-0.25, -0.2) is 0 Å². The van der Waals surface area contributed by atoms with Gasteiger partial charge in [0.15, 0.2) is 0 Å². The van der Waals surface area contributed by atoms with E-state index < -0.39 is 0 Å². The fourth-order valence-corrected chi connectivity index (χ4v) is 1.61. The molecule has 0 bridgehead atoms.